The molecule has 2 aromatic carbocycles. The number of nitrogens with two attached hydrogens (primary N) is 1. The number of phenolic OH excluding ortho intramolecular Hbond substituents is 1. The van der Waals surface area contributed by atoms with Crippen molar-refractivity contribution in [3.63, 3.8) is 0 Å². The Bertz CT molecular complexity index is 577. The van der Waals surface area contributed by atoms with E-state index in [4.69, 9.17) is 5.73 Å². The second-order valence-electron chi connectivity index (χ2n) is 4.08. The molecular weight excluding hydrogens is 228 g/mol. The van der Waals surface area contributed by atoms with Crippen LogP contribution < -0.4 is 11.1 Å². The third kappa shape index (κ3) is 2.60. The maximum atomic E-state index is 11.9. The Morgan fingerprint density at radius 3 is 2.44 bits per heavy atom. The first kappa shape index (κ1) is 12.0. The summed E-state index contributed by atoms with van der Waals surface area (Å²) in [6.07, 6.45) is 0. The Kier molecular flexibility index (Phi) is 3.19. The van der Waals surface area contributed by atoms with Crippen molar-refractivity contribution in [1.82, 2.24) is 0 Å². The monoisotopic (exact) mass is 242 g/mol. The molecule has 0 saturated carbocycles. The molecule has 0 atom stereocenters. The van der Waals surface area contributed by atoms with Gasteiger partial charge in [0.1, 0.15) is 5.75 Å². The smallest absolute Gasteiger partial charge is 0.255 e. The second kappa shape index (κ2) is 4.79. The molecule has 1 amide bonds. The minimum Gasteiger partial charge on any atom is -0.508 e. The van der Waals surface area contributed by atoms with E-state index in [0.29, 0.717) is 16.9 Å². The van der Waals surface area contributed by atoms with Gasteiger partial charge in [-0.2, -0.15) is 0 Å². The molecule has 4 nitrogen and oxygen atoms in total. The van der Waals surface area contributed by atoms with E-state index in [1.165, 1.54) is 6.07 Å². The normalized spacial score (nSPS) is 10.1. The lowest BCUT2D eigenvalue weighted by Gasteiger charge is -2.07. The predicted octanol–water partition coefficient (Wildman–Crippen LogP) is 2.54. The molecule has 2 rings (SSSR count). The standard InChI is InChI=1S/C14H14N2O2/c1-9-2-7-12(8-13(9)17)16-14(18)10-3-5-11(15)6-4-10/h2-8,17H,15H2,1H3,(H,16,18). The molecule has 0 aromatic heterocycles. The number of phenols is 1. The van der Waals surface area contributed by atoms with E-state index < -0.39 is 0 Å². The Morgan fingerprint density at radius 2 is 1.83 bits per heavy atom. The van der Waals surface area contributed by atoms with Crippen molar-refractivity contribution in [2.45, 2.75) is 6.92 Å². The fourth-order valence-electron chi connectivity index (χ4n) is 1.52. The van der Waals surface area contributed by atoms with Crippen molar-refractivity contribution in [3.8, 4) is 5.75 Å². The van der Waals surface area contributed by atoms with Crippen LogP contribution in [0.15, 0.2) is 42.5 Å². The number of hydrogen-bond acceptors (Lipinski definition) is 3. The molecule has 4 N–H and O–H groups in total. The van der Waals surface area contributed by atoms with Gasteiger partial charge in [0.25, 0.3) is 5.91 Å². The van der Waals surface area contributed by atoms with Gasteiger partial charge < -0.3 is 16.2 Å². The second-order valence-corrected chi connectivity index (χ2v) is 4.08. The first-order chi connectivity index (χ1) is 8.56. The fraction of sp³-hybridized carbons (Fsp3) is 0.0714. The summed E-state index contributed by atoms with van der Waals surface area (Å²) in [5.74, 6) is -0.0802. The van der Waals surface area contributed by atoms with Gasteiger partial charge in [0.05, 0.1) is 0 Å². The number of nitrogen functional groups attached to an aromatic ring is 1. The number of amides is 1. The highest BCUT2D eigenvalue weighted by Crippen LogP contribution is 2.21. The zero-order valence-electron chi connectivity index (χ0n) is 9.97. The van der Waals surface area contributed by atoms with Crippen molar-refractivity contribution in [1.29, 1.82) is 0 Å². The maximum Gasteiger partial charge on any atom is 0.255 e. The van der Waals surface area contributed by atoms with Crippen LogP contribution in [0.4, 0.5) is 11.4 Å². The van der Waals surface area contributed by atoms with Crippen LogP contribution in [0.1, 0.15) is 15.9 Å². The van der Waals surface area contributed by atoms with E-state index >= 15 is 0 Å². The molecule has 2 aromatic rings. The quantitative estimate of drug-likeness (QED) is 0.708. The average molecular weight is 242 g/mol. The van der Waals surface area contributed by atoms with Gasteiger partial charge in [-0.3, -0.25) is 4.79 Å². The number of rotatable bonds is 2. The molecule has 0 unspecified atom stereocenters. The van der Waals surface area contributed by atoms with E-state index in [9.17, 15) is 9.90 Å². The van der Waals surface area contributed by atoms with E-state index in [2.05, 4.69) is 5.32 Å². The largest absolute Gasteiger partial charge is 0.508 e. The molecule has 0 aliphatic rings. The molecule has 0 aliphatic carbocycles. The van der Waals surface area contributed by atoms with E-state index in [1.54, 1.807) is 43.3 Å². The average Bonchev–Trinajstić information content (AvgIpc) is 2.34. The van der Waals surface area contributed by atoms with E-state index in [1.807, 2.05) is 0 Å². The molecule has 0 fully saturated rings. The van der Waals surface area contributed by atoms with Crippen LogP contribution in [-0.4, -0.2) is 11.0 Å². The van der Waals surface area contributed by atoms with Gasteiger partial charge in [-0.15, -0.1) is 0 Å². The predicted molar refractivity (Wildman–Crippen MR) is 71.7 cm³/mol. The minimum atomic E-state index is -0.238. The molecule has 0 bridgehead atoms. The van der Waals surface area contributed by atoms with Crippen LogP contribution in [0.2, 0.25) is 0 Å². The van der Waals surface area contributed by atoms with Crippen LogP contribution in [0.25, 0.3) is 0 Å². The van der Waals surface area contributed by atoms with Gasteiger partial charge in [-0.1, -0.05) is 6.07 Å². The van der Waals surface area contributed by atoms with Gasteiger partial charge >= 0.3 is 0 Å². The number of aryl methyl sites for hydroxylation is 1. The molecule has 0 radical (unpaired) electrons. The number of aromatic hydroxyl groups is 1. The molecule has 18 heavy (non-hydrogen) atoms. The van der Waals surface area contributed by atoms with Crippen molar-refractivity contribution < 1.29 is 9.90 Å². The highest BCUT2D eigenvalue weighted by atomic mass is 16.3. The number of carbonyl (C=O) groups is 1. The maximum absolute atomic E-state index is 11.9. The topological polar surface area (TPSA) is 75.4 Å². The molecule has 0 heterocycles. The van der Waals surface area contributed by atoms with Gasteiger partial charge in [0.2, 0.25) is 0 Å². The van der Waals surface area contributed by atoms with Crippen LogP contribution in [0.3, 0.4) is 0 Å². The minimum absolute atomic E-state index is 0.158. The summed E-state index contributed by atoms with van der Waals surface area (Å²) in [5, 5.41) is 12.3. The highest BCUT2D eigenvalue weighted by Gasteiger charge is 2.06. The van der Waals surface area contributed by atoms with Crippen molar-refractivity contribution in [3.05, 3.63) is 53.6 Å². The number of nitrogens with one attached hydrogen (secondary N) is 1. The molecule has 0 spiro atoms. The van der Waals surface area contributed by atoms with E-state index in [0.717, 1.165) is 5.56 Å². The lowest BCUT2D eigenvalue weighted by molar-refractivity contribution is 0.102. The Morgan fingerprint density at radius 1 is 1.17 bits per heavy atom. The Hall–Kier alpha value is -2.49. The van der Waals surface area contributed by atoms with Gasteiger partial charge in [-0.25, -0.2) is 0 Å². The zero-order chi connectivity index (χ0) is 13.1. The number of carbonyl (C=O) groups excluding carboxylic acids is 1. The summed E-state index contributed by atoms with van der Waals surface area (Å²) in [5.41, 5.74) is 8.00. The summed E-state index contributed by atoms with van der Waals surface area (Å²) in [7, 11) is 0. The van der Waals surface area contributed by atoms with Crippen molar-refractivity contribution in [2.75, 3.05) is 11.1 Å². The number of hydrogen-bond donors (Lipinski definition) is 3. The van der Waals surface area contributed by atoms with Crippen LogP contribution in [-0.2, 0) is 0 Å². The van der Waals surface area contributed by atoms with Gasteiger partial charge in [0, 0.05) is 23.0 Å². The highest BCUT2D eigenvalue weighted by molar-refractivity contribution is 6.04. The first-order valence-corrected chi connectivity index (χ1v) is 5.53. The number of anilines is 2. The molecule has 0 aliphatic heterocycles. The van der Waals surface area contributed by atoms with Crippen LogP contribution in [0, 0.1) is 6.92 Å². The molecule has 0 saturated heterocycles. The third-order valence-corrected chi connectivity index (χ3v) is 2.64. The SMILES string of the molecule is Cc1ccc(NC(=O)c2ccc(N)cc2)cc1O. The molecular formula is C14H14N2O2. The summed E-state index contributed by atoms with van der Waals surface area (Å²) in [6.45, 7) is 1.79. The van der Waals surface area contributed by atoms with E-state index in [-0.39, 0.29) is 11.7 Å². The lowest BCUT2D eigenvalue weighted by atomic mass is 10.1. The Balaban J connectivity index is 2.16. The molecule has 4 heteroatoms. The summed E-state index contributed by atoms with van der Waals surface area (Å²) in [4.78, 5) is 11.9. The molecule has 92 valence electrons. The summed E-state index contributed by atoms with van der Waals surface area (Å²) in [6, 6.07) is 11.6. The summed E-state index contributed by atoms with van der Waals surface area (Å²) < 4.78 is 0. The van der Waals surface area contributed by atoms with Crippen LogP contribution in [0.5, 0.6) is 5.75 Å². The first-order valence-electron chi connectivity index (χ1n) is 5.53. The fourth-order valence-corrected chi connectivity index (χ4v) is 1.52. The van der Waals surface area contributed by atoms with Crippen molar-refractivity contribution >= 4 is 17.3 Å². The van der Waals surface area contributed by atoms with Gasteiger partial charge in [0.15, 0.2) is 0 Å². The Labute approximate surface area is 105 Å². The third-order valence-electron chi connectivity index (χ3n) is 2.64. The zero-order valence-corrected chi connectivity index (χ0v) is 9.97. The number of benzene rings is 2. The summed E-state index contributed by atoms with van der Waals surface area (Å²) >= 11 is 0. The van der Waals surface area contributed by atoms with Gasteiger partial charge in [-0.05, 0) is 42.8 Å². The lowest BCUT2D eigenvalue weighted by Crippen LogP contribution is -2.11. The van der Waals surface area contributed by atoms with Crippen LogP contribution >= 0.6 is 0 Å². The van der Waals surface area contributed by atoms with Crippen molar-refractivity contribution in [2.24, 2.45) is 0 Å².